The molecule has 124 valence electrons. The van der Waals surface area contributed by atoms with Crippen LogP contribution in [-0.2, 0) is 0 Å². The molecule has 1 aliphatic rings. The van der Waals surface area contributed by atoms with E-state index in [9.17, 15) is 4.79 Å². The Morgan fingerprint density at radius 1 is 1.22 bits per heavy atom. The molecule has 8 heteroatoms. The minimum atomic E-state index is -0.528. The Morgan fingerprint density at radius 2 is 1.96 bits per heavy atom. The van der Waals surface area contributed by atoms with Crippen molar-refractivity contribution in [1.29, 1.82) is 0 Å². The maximum Gasteiger partial charge on any atom is 0.248 e. The van der Waals surface area contributed by atoms with Crippen LogP contribution in [-0.4, -0.2) is 30.4 Å². The molecule has 2 rings (SSSR count). The van der Waals surface area contributed by atoms with Crippen LogP contribution in [0.25, 0.3) is 0 Å². The first-order valence-corrected chi connectivity index (χ1v) is 7.52. The molecule has 1 unspecified atom stereocenters. The summed E-state index contributed by atoms with van der Waals surface area (Å²) in [5, 5.41) is 0. The number of nitrogens with two attached hydrogens (primary N) is 4. The highest BCUT2D eigenvalue weighted by atomic mass is 16.1. The highest BCUT2D eigenvalue weighted by molar-refractivity contribution is 5.97. The summed E-state index contributed by atoms with van der Waals surface area (Å²) in [6.45, 7) is 3.08. The average molecular weight is 317 g/mol. The normalized spacial score (nSPS) is 18.6. The van der Waals surface area contributed by atoms with Crippen molar-refractivity contribution in [2.45, 2.75) is 32.2 Å². The van der Waals surface area contributed by atoms with Gasteiger partial charge in [0.25, 0.3) is 0 Å². The fourth-order valence-corrected chi connectivity index (χ4v) is 2.75. The lowest BCUT2D eigenvalue weighted by atomic mass is 10.0. The van der Waals surface area contributed by atoms with Crippen LogP contribution in [0.3, 0.4) is 0 Å². The van der Waals surface area contributed by atoms with E-state index in [1.165, 1.54) is 6.42 Å². The van der Waals surface area contributed by atoms with Gasteiger partial charge in [0.15, 0.2) is 5.96 Å². The molecule has 1 aliphatic heterocycles. The van der Waals surface area contributed by atoms with Crippen molar-refractivity contribution in [3.63, 3.8) is 0 Å². The van der Waals surface area contributed by atoms with E-state index in [0.717, 1.165) is 25.1 Å². The van der Waals surface area contributed by atoms with Crippen molar-refractivity contribution >= 4 is 29.2 Å². The molecule has 1 heterocycles. The van der Waals surface area contributed by atoms with Crippen LogP contribution in [0.15, 0.2) is 28.2 Å². The predicted molar refractivity (Wildman–Crippen MR) is 92.7 cm³/mol. The lowest BCUT2D eigenvalue weighted by molar-refractivity contribution is 0.100. The number of nitrogens with zero attached hydrogens (tertiary/aromatic N) is 3. The SMILES string of the molecule is CC1CCCCN1c1ccc(C(N)=O)cc1N=C(N)N=C(N)N. The molecule has 1 aromatic carbocycles. The first-order valence-electron chi connectivity index (χ1n) is 7.52. The van der Waals surface area contributed by atoms with Gasteiger partial charge in [0, 0.05) is 18.2 Å². The zero-order valence-corrected chi connectivity index (χ0v) is 13.2. The van der Waals surface area contributed by atoms with Crippen molar-refractivity contribution in [3.8, 4) is 0 Å². The van der Waals surface area contributed by atoms with E-state index in [1.54, 1.807) is 12.1 Å². The summed E-state index contributed by atoms with van der Waals surface area (Å²) in [5.41, 5.74) is 23.5. The molecule has 8 nitrogen and oxygen atoms in total. The molecule has 1 aromatic rings. The number of anilines is 1. The number of rotatable bonds is 3. The molecular weight excluding hydrogens is 294 g/mol. The second-order valence-electron chi connectivity index (χ2n) is 5.61. The van der Waals surface area contributed by atoms with E-state index in [2.05, 4.69) is 21.8 Å². The molecular formula is C15H23N7O. The van der Waals surface area contributed by atoms with Gasteiger partial charge in [-0.15, -0.1) is 0 Å². The molecule has 0 spiro atoms. The second-order valence-corrected chi connectivity index (χ2v) is 5.61. The standard InChI is InChI=1S/C15H23N7O/c1-9-4-2-3-7-22(9)12-6-5-10(13(16)23)8-11(12)20-15(19)21-14(17)18/h5-6,8-9H,2-4,7H2,1H3,(H2,16,23)(H6,17,18,19,20,21). The summed E-state index contributed by atoms with van der Waals surface area (Å²) in [6, 6.07) is 5.51. The Kier molecular flexibility index (Phi) is 5.05. The van der Waals surface area contributed by atoms with Crippen LogP contribution in [0.4, 0.5) is 11.4 Å². The van der Waals surface area contributed by atoms with Crippen molar-refractivity contribution in [1.82, 2.24) is 0 Å². The lowest BCUT2D eigenvalue weighted by Gasteiger charge is -2.36. The topological polar surface area (TPSA) is 149 Å². The van der Waals surface area contributed by atoms with E-state index in [0.29, 0.717) is 17.3 Å². The summed E-state index contributed by atoms with van der Waals surface area (Å²) >= 11 is 0. The Balaban J connectivity index is 2.48. The molecule has 0 saturated carbocycles. The average Bonchev–Trinajstić information content (AvgIpc) is 2.47. The minimum Gasteiger partial charge on any atom is -0.370 e. The van der Waals surface area contributed by atoms with E-state index >= 15 is 0 Å². The van der Waals surface area contributed by atoms with Gasteiger partial charge in [-0.05, 0) is 44.4 Å². The number of benzene rings is 1. The van der Waals surface area contributed by atoms with Gasteiger partial charge in [-0.25, -0.2) is 4.99 Å². The van der Waals surface area contributed by atoms with E-state index in [4.69, 9.17) is 22.9 Å². The number of piperidine rings is 1. The monoisotopic (exact) mass is 317 g/mol. The van der Waals surface area contributed by atoms with E-state index < -0.39 is 5.91 Å². The van der Waals surface area contributed by atoms with Gasteiger partial charge in [-0.2, -0.15) is 4.99 Å². The van der Waals surface area contributed by atoms with Gasteiger partial charge in [-0.1, -0.05) is 0 Å². The highest BCUT2D eigenvalue weighted by Crippen LogP contribution is 2.34. The fourth-order valence-electron chi connectivity index (χ4n) is 2.75. The second kappa shape index (κ2) is 6.99. The third-order valence-electron chi connectivity index (χ3n) is 3.85. The van der Waals surface area contributed by atoms with E-state index in [-0.39, 0.29) is 11.9 Å². The van der Waals surface area contributed by atoms with Crippen LogP contribution >= 0.6 is 0 Å². The number of hydrogen-bond donors (Lipinski definition) is 4. The fraction of sp³-hybridized carbons (Fsp3) is 0.400. The molecule has 0 bridgehead atoms. The Morgan fingerprint density at radius 3 is 2.57 bits per heavy atom. The van der Waals surface area contributed by atoms with Crippen LogP contribution < -0.4 is 27.8 Å². The summed E-state index contributed by atoms with van der Waals surface area (Å²) in [5.74, 6) is -0.775. The number of guanidine groups is 2. The molecule has 1 fully saturated rings. The van der Waals surface area contributed by atoms with Crippen molar-refractivity contribution in [2.24, 2.45) is 32.9 Å². The highest BCUT2D eigenvalue weighted by Gasteiger charge is 2.21. The zero-order valence-electron chi connectivity index (χ0n) is 13.2. The van der Waals surface area contributed by atoms with Crippen molar-refractivity contribution in [2.75, 3.05) is 11.4 Å². The first kappa shape index (κ1) is 16.6. The van der Waals surface area contributed by atoms with Crippen LogP contribution in [0.2, 0.25) is 0 Å². The lowest BCUT2D eigenvalue weighted by Crippen LogP contribution is -2.37. The Bertz CT molecular complexity index is 649. The number of hydrogen-bond acceptors (Lipinski definition) is 3. The number of aliphatic imine (C=N–C) groups is 2. The molecule has 1 amide bonds. The Hall–Kier alpha value is -2.77. The predicted octanol–water partition coefficient (Wildman–Crippen LogP) is 0.384. The zero-order chi connectivity index (χ0) is 17.0. The molecule has 1 saturated heterocycles. The quantitative estimate of drug-likeness (QED) is 0.469. The Labute approximate surface area is 135 Å². The van der Waals surface area contributed by atoms with Gasteiger partial charge in [0.1, 0.15) is 0 Å². The number of amides is 1. The first-order chi connectivity index (χ1) is 10.9. The molecule has 0 radical (unpaired) electrons. The number of primary amides is 1. The third kappa shape index (κ3) is 4.12. The summed E-state index contributed by atoms with van der Waals surface area (Å²) < 4.78 is 0. The third-order valence-corrected chi connectivity index (χ3v) is 3.85. The van der Waals surface area contributed by atoms with Crippen molar-refractivity contribution < 1.29 is 4.79 Å². The maximum absolute atomic E-state index is 11.4. The summed E-state index contributed by atoms with van der Waals surface area (Å²) in [4.78, 5) is 21.6. The molecule has 8 N–H and O–H groups in total. The van der Waals surface area contributed by atoms with Crippen molar-refractivity contribution in [3.05, 3.63) is 23.8 Å². The van der Waals surface area contributed by atoms with Gasteiger partial charge in [0.2, 0.25) is 11.9 Å². The van der Waals surface area contributed by atoms with Gasteiger partial charge < -0.3 is 27.8 Å². The van der Waals surface area contributed by atoms with E-state index in [1.807, 2.05) is 6.07 Å². The number of carbonyl (C=O) groups excluding carboxylic acids is 1. The summed E-state index contributed by atoms with van der Waals surface area (Å²) in [7, 11) is 0. The minimum absolute atomic E-state index is 0.0717. The maximum atomic E-state index is 11.4. The number of carbonyl (C=O) groups is 1. The molecule has 23 heavy (non-hydrogen) atoms. The molecule has 0 aliphatic carbocycles. The summed E-state index contributed by atoms with van der Waals surface area (Å²) in [6.07, 6.45) is 3.41. The van der Waals surface area contributed by atoms with Gasteiger partial charge in [0.05, 0.1) is 11.4 Å². The smallest absolute Gasteiger partial charge is 0.248 e. The molecule has 1 atom stereocenters. The van der Waals surface area contributed by atoms with Crippen LogP contribution in [0.5, 0.6) is 0 Å². The van der Waals surface area contributed by atoms with Gasteiger partial charge in [-0.3, -0.25) is 4.79 Å². The largest absolute Gasteiger partial charge is 0.370 e. The molecule has 0 aromatic heterocycles. The van der Waals surface area contributed by atoms with Crippen LogP contribution in [0, 0.1) is 0 Å². The van der Waals surface area contributed by atoms with Gasteiger partial charge >= 0.3 is 0 Å². The van der Waals surface area contributed by atoms with Crippen LogP contribution in [0.1, 0.15) is 36.5 Å².